The molecular formula is C21H32N6O2. The first-order chi connectivity index (χ1) is 14.1. The summed E-state index contributed by atoms with van der Waals surface area (Å²) in [5.74, 6) is 2.43. The molecule has 2 aromatic rings. The number of guanidine groups is 1. The highest BCUT2D eigenvalue weighted by atomic mass is 16.5. The van der Waals surface area contributed by atoms with Gasteiger partial charge in [0.25, 0.3) is 0 Å². The van der Waals surface area contributed by atoms with E-state index in [0.29, 0.717) is 6.54 Å². The first-order valence-corrected chi connectivity index (χ1v) is 10.1. The molecular weight excluding hydrogens is 368 g/mol. The Balaban J connectivity index is 1.54. The second-order valence-electron chi connectivity index (χ2n) is 7.07. The number of methoxy groups -OCH3 is 2. The third-order valence-electron chi connectivity index (χ3n) is 5.18. The van der Waals surface area contributed by atoms with Crippen molar-refractivity contribution < 1.29 is 9.47 Å². The van der Waals surface area contributed by atoms with Crippen molar-refractivity contribution in [2.75, 3.05) is 40.4 Å². The number of nitrogens with zero attached hydrogens (tertiary/aromatic N) is 4. The van der Waals surface area contributed by atoms with E-state index < -0.39 is 0 Å². The van der Waals surface area contributed by atoms with E-state index in [1.54, 1.807) is 20.4 Å². The minimum atomic E-state index is 0.602. The second-order valence-corrected chi connectivity index (χ2v) is 7.07. The van der Waals surface area contributed by atoms with E-state index in [1.807, 2.05) is 17.8 Å². The SMILES string of the molecule is CCNC(=NCc1ccnn1C)NCCN1CCc2cc(OC)c(OC)cc2C1. The molecule has 0 fully saturated rings. The first kappa shape index (κ1) is 21.0. The topological polar surface area (TPSA) is 75.9 Å². The van der Waals surface area contributed by atoms with Crippen LogP contribution in [-0.4, -0.2) is 61.0 Å². The molecule has 0 radical (unpaired) electrons. The van der Waals surface area contributed by atoms with E-state index in [0.717, 1.165) is 62.3 Å². The lowest BCUT2D eigenvalue weighted by Gasteiger charge is -2.29. The summed E-state index contributed by atoms with van der Waals surface area (Å²) in [5, 5.41) is 10.9. The molecule has 0 atom stereocenters. The van der Waals surface area contributed by atoms with Gasteiger partial charge in [-0.05, 0) is 42.7 Å². The molecule has 0 saturated heterocycles. The Morgan fingerprint density at radius 3 is 2.59 bits per heavy atom. The summed E-state index contributed by atoms with van der Waals surface area (Å²) in [4.78, 5) is 7.11. The number of nitrogens with one attached hydrogen (secondary N) is 2. The molecule has 1 aliphatic heterocycles. The molecule has 3 rings (SSSR count). The number of aryl methyl sites for hydroxylation is 1. The Morgan fingerprint density at radius 1 is 1.17 bits per heavy atom. The average molecular weight is 401 g/mol. The van der Waals surface area contributed by atoms with Crippen LogP contribution in [0.15, 0.2) is 29.4 Å². The maximum absolute atomic E-state index is 5.46. The quantitative estimate of drug-likeness (QED) is 0.517. The van der Waals surface area contributed by atoms with Gasteiger partial charge in [0, 0.05) is 46.0 Å². The molecule has 158 valence electrons. The number of fused-ring (bicyclic) bond motifs is 1. The summed E-state index contributed by atoms with van der Waals surface area (Å²) >= 11 is 0. The molecule has 0 aliphatic carbocycles. The molecule has 0 saturated carbocycles. The van der Waals surface area contributed by atoms with Crippen LogP contribution in [0.5, 0.6) is 11.5 Å². The van der Waals surface area contributed by atoms with Crippen molar-refractivity contribution in [1.82, 2.24) is 25.3 Å². The molecule has 2 N–H and O–H groups in total. The van der Waals surface area contributed by atoms with Crippen molar-refractivity contribution in [3.63, 3.8) is 0 Å². The zero-order valence-corrected chi connectivity index (χ0v) is 17.9. The van der Waals surface area contributed by atoms with Gasteiger partial charge in [-0.25, -0.2) is 4.99 Å². The zero-order valence-electron chi connectivity index (χ0n) is 17.9. The molecule has 0 bridgehead atoms. The maximum atomic E-state index is 5.46. The molecule has 0 unspecified atom stereocenters. The zero-order chi connectivity index (χ0) is 20.6. The number of hydrogen-bond donors (Lipinski definition) is 2. The monoisotopic (exact) mass is 400 g/mol. The van der Waals surface area contributed by atoms with Gasteiger partial charge in [0.05, 0.1) is 26.5 Å². The van der Waals surface area contributed by atoms with Crippen LogP contribution >= 0.6 is 0 Å². The van der Waals surface area contributed by atoms with Crippen LogP contribution in [-0.2, 0) is 26.6 Å². The molecule has 8 nitrogen and oxygen atoms in total. The standard InChI is InChI=1S/C21H32N6O2/c1-5-22-21(24-14-18-6-8-25-26(18)2)23-9-11-27-10-7-16-12-19(28-3)20(29-4)13-17(16)15-27/h6,8,12-13H,5,7,9-11,14-15H2,1-4H3,(H2,22,23,24). The number of aliphatic imine (C=N–C) groups is 1. The van der Waals surface area contributed by atoms with Crippen molar-refractivity contribution in [3.8, 4) is 11.5 Å². The Labute approximate surface area is 172 Å². The number of aromatic nitrogens is 2. The number of hydrogen-bond acceptors (Lipinski definition) is 5. The highest BCUT2D eigenvalue weighted by molar-refractivity contribution is 5.79. The van der Waals surface area contributed by atoms with E-state index >= 15 is 0 Å². The van der Waals surface area contributed by atoms with Crippen LogP contribution in [0.4, 0.5) is 0 Å². The van der Waals surface area contributed by atoms with Crippen LogP contribution in [0.3, 0.4) is 0 Å². The summed E-state index contributed by atoms with van der Waals surface area (Å²) in [6.45, 7) is 7.24. The molecule has 0 amide bonds. The molecule has 8 heteroatoms. The van der Waals surface area contributed by atoms with Gasteiger partial charge in [-0.3, -0.25) is 9.58 Å². The number of ether oxygens (including phenoxy) is 2. The largest absolute Gasteiger partial charge is 0.493 e. The molecule has 29 heavy (non-hydrogen) atoms. The van der Waals surface area contributed by atoms with Crippen LogP contribution < -0.4 is 20.1 Å². The normalized spacial score (nSPS) is 14.4. The van der Waals surface area contributed by atoms with Crippen molar-refractivity contribution in [2.24, 2.45) is 12.0 Å². The van der Waals surface area contributed by atoms with Gasteiger partial charge in [-0.2, -0.15) is 5.10 Å². The van der Waals surface area contributed by atoms with E-state index in [2.05, 4.69) is 44.7 Å². The van der Waals surface area contributed by atoms with Crippen molar-refractivity contribution in [2.45, 2.75) is 26.4 Å². The summed E-state index contributed by atoms with van der Waals surface area (Å²) in [6, 6.07) is 6.20. The molecule has 1 aromatic heterocycles. The minimum Gasteiger partial charge on any atom is -0.493 e. The predicted molar refractivity (Wildman–Crippen MR) is 115 cm³/mol. The highest BCUT2D eigenvalue weighted by Gasteiger charge is 2.19. The van der Waals surface area contributed by atoms with Crippen molar-refractivity contribution in [1.29, 1.82) is 0 Å². The van der Waals surface area contributed by atoms with Crippen LogP contribution in [0, 0.1) is 0 Å². The lowest BCUT2D eigenvalue weighted by molar-refractivity contribution is 0.256. The Bertz CT molecular complexity index is 833. The Hall–Kier alpha value is -2.74. The van der Waals surface area contributed by atoms with Gasteiger partial charge in [0.2, 0.25) is 0 Å². The third-order valence-corrected chi connectivity index (χ3v) is 5.18. The Kier molecular flexibility index (Phi) is 7.35. The fraction of sp³-hybridized carbons (Fsp3) is 0.524. The summed E-state index contributed by atoms with van der Waals surface area (Å²) in [7, 11) is 5.30. The van der Waals surface area contributed by atoms with E-state index in [9.17, 15) is 0 Å². The predicted octanol–water partition coefficient (Wildman–Crippen LogP) is 1.55. The van der Waals surface area contributed by atoms with Crippen LogP contribution in [0.1, 0.15) is 23.7 Å². The molecule has 2 heterocycles. The van der Waals surface area contributed by atoms with E-state index in [1.165, 1.54) is 11.1 Å². The average Bonchev–Trinajstić information content (AvgIpc) is 3.15. The van der Waals surface area contributed by atoms with Crippen molar-refractivity contribution in [3.05, 3.63) is 41.2 Å². The minimum absolute atomic E-state index is 0.602. The highest BCUT2D eigenvalue weighted by Crippen LogP contribution is 2.33. The summed E-state index contributed by atoms with van der Waals surface area (Å²) in [6.07, 6.45) is 2.81. The summed E-state index contributed by atoms with van der Waals surface area (Å²) < 4.78 is 12.7. The fourth-order valence-electron chi connectivity index (χ4n) is 3.52. The molecule has 1 aliphatic rings. The lowest BCUT2D eigenvalue weighted by Crippen LogP contribution is -2.42. The maximum Gasteiger partial charge on any atom is 0.191 e. The van der Waals surface area contributed by atoms with E-state index in [-0.39, 0.29) is 0 Å². The summed E-state index contributed by atoms with van der Waals surface area (Å²) in [5.41, 5.74) is 3.74. The van der Waals surface area contributed by atoms with E-state index in [4.69, 9.17) is 9.47 Å². The lowest BCUT2D eigenvalue weighted by atomic mass is 9.99. The van der Waals surface area contributed by atoms with Crippen LogP contribution in [0.25, 0.3) is 0 Å². The van der Waals surface area contributed by atoms with Gasteiger partial charge >= 0.3 is 0 Å². The first-order valence-electron chi connectivity index (χ1n) is 10.1. The smallest absolute Gasteiger partial charge is 0.191 e. The van der Waals surface area contributed by atoms with Gasteiger partial charge in [0.1, 0.15) is 0 Å². The van der Waals surface area contributed by atoms with Crippen molar-refractivity contribution >= 4 is 5.96 Å². The Morgan fingerprint density at radius 2 is 1.93 bits per heavy atom. The molecule has 1 aromatic carbocycles. The van der Waals surface area contributed by atoms with Gasteiger partial charge in [-0.15, -0.1) is 0 Å². The van der Waals surface area contributed by atoms with Gasteiger partial charge < -0.3 is 20.1 Å². The van der Waals surface area contributed by atoms with Gasteiger partial charge in [0.15, 0.2) is 17.5 Å². The number of benzene rings is 1. The van der Waals surface area contributed by atoms with Crippen LogP contribution in [0.2, 0.25) is 0 Å². The second kappa shape index (κ2) is 10.2. The van der Waals surface area contributed by atoms with Gasteiger partial charge in [-0.1, -0.05) is 0 Å². The fourth-order valence-corrected chi connectivity index (χ4v) is 3.52. The number of rotatable bonds is 8. The molecule has 0 spiro atoms. The third kappa shape index (κ3) is 5.41.